The molecule has 28 heavy (non-hydrogen) atoms. The van der Waals surface area contributed by atoms with E-state index in [1.54, 1.807) is 24.3 Å². The number of rotatable bonds is 5. The number of phenolic OH excluding ortho intramolecular Hbond substituents is 1. The lowest BCUT2D eigenvalue weighted by Gasteiger charge is -2.15. The predicted molar refractivity (Wildman–Crippen MR) is 98.8 cm³/mol. The molecule has 3 aromatic rings. The molecule has 0 aliphatic carbocycles. The number of hydrogen-bond donors (Lipinski definition) is 2. The minimum absolute atomic E-state index is 0.0656. The van der Waals surface area contributed by atoms with Crippen molar-refractivity contribution in [1.29, 1.82) is 0 Å². The first kappa shape index (κ1) is 19.3. The molecule has 0 saturated carbocycles. The van der Waals surface area contributed by atoms with Crippen molar-refractivity contribution in [2.45, 2.75) is 13.0 Å². The van der Waals surface area contributed by atoms with Crippen molar-refractivity contribution in [2.75, 3.05) is 6.61 Å². The number of phenols is 1. The Kier molecular flexibility index (Phi) is 5.54. The Hall–Kier alpha value is -3.48. The van der Waals surface area contributed by atoms with E-state index in [-0.39, 0.29) is 16.9 Å². The van der Waals surface area contributed by atoms with Crippen LogP contribution >= 0.6 is 0 Å². The van der Waals surface area contributed by atoms with Crippen LogP contribution in [-0.4, -0.2) is 23.6 Å². The third-order valence-electron chi connectivity index (χ3n) is 4.22. The number of carbonyl (C=O) groups is 2. The fourth-order valence-electron chi connectivity index (χ4n) is 2.81. The van der Waals surface area contributed by atoms with Crippen LogP contribution in [0.15, 0.2) is 54.6 Å². The van der Waals surface area contributed by atoms with Crippen LogP contribution in [-0.2, 0) is 9.53 Å². The van der Waals surface area contributed by atoms with Gasteiger partial charge in [0.25, 0.3) is 5.91 Å². The summed E-state index contributed by atoms with van der Waals surface area (Å²) in [6.07, 6.45) is 0. The summed E-state index contributed by atoms with van der Waals surface area (Å²) < 4.78 is 31.7. The summed E-state index contributed by atoms with van der Waals surface area (Å²) in [4.78, 5) is 24.2. The van der Waals surface area contributed by atoms with E-state index >= 15 is 0 Å². The molecule has 1 amide bonds. The minimum Gasteiger partial charge on any atom is -0.507 e. The SMILES string of the molecule is C[C@@H](NC(=O)COC(=O)c1cc2ccccc2cc1O)c1ccc(F)cc1F. The molecule has 0 heterocycles. The average molecular weight is 385 g/mol. The second-order valence-electron chi connectivity index (χ2n) is 6.25. The van der Waals surface area contributed by atoms with Crippen molar-refractivity contribution in [3.05, 3.63) is 77.4 Å². The third kappa shape index (κ3) is 4.25. The summed E-state index contributed by atoms with van der Waals surface area (Å²) in [7, 11) is 0. The molecule has 0 aliphatic rings. The Morgan fingerprint density at radius 1 is 1.07 bits per heavy atom. The Morgan fingerprint density at radius 2 is 1.75 bits per heavy atom. The van der Waals surface area contributed by atoms with E-state index in [4.69, 9.17) is 4.74 Å². The van der Waals surface area contributed by atoms with E-state index in [1.165, 1.54) is 25.1 Å². The summed E-state index contributed by atoms with van der Waals surface area (Å²) in [5.41, 5.74) is 0.0392. The Balaban J connectivity index is 1.62. The second-order valence-corrected chi connectivity index (χ2v) is 6.25. The van der Waals surface area contributed by atoms with Crippen molar-refractivity contribution in [3.63, 3.8) is 0 Å². The summed E-state index contributed by atoms with van der Waals surface area (Å²) in [5, 5.41) is 14.0. The van der Waals surface area contributed by atoms with Gasteiger partial charge in [0, 0.05) is 11.6 Å². The van der Waals surface area contributed by atoms with E-state index in [2.05, 4.69) is 5.32 Å². The molecule has 0 bridgehead atoms. The van der Waals surface area contributed by atoms with E-state index in [1.807, 2.05) is 0 Å². The van der Waals surface area contributed by atoms with E-state index in [0.717, 1.165) is 22.9 Å². The van der Waals surface area contributed by atoms with Crippen LogP contribution in [0.3, 0.4) is 0 Å². The molecule has 7 heteroatoms. The number of nitrogens with one attached hydrogen (secondary N) is 1. The molecule has 144 valence electrons. The summed E-state index contributed by atoms with van der Waals surface area (Å²) >= 11 is 0. The van der Waals surface area contributed by atoms with Gasteiger partial charge in [-0.05, 0) is 35.9 Å². The Morgan fingerprint density at radius 3 is 2.43 bits per heavy atom. The summed E-state index contributed by atoms with van der Waals surface area (Å²) in [5.74, 6) is -3.29. The van der Waals surface area contributed by atoms with Gasteiger partial charge in [-0.1, -0.05) is 30.3 Å². The zero-order chi connectivity index (χ0) is 20.3. The number of esters is 1. The summed E-state index contributed by atoms with van der Waals surface area (Å²) in [6, 6.07) is 12.4. The lowest BCUT2D eigenvalue weighted by molar-refractivity contribution is -0.124. The monoisotopic (exact) mass is 385 g/mol. The molecular weight excluding hydrogens is 368 g/mol. The molecule has 0 spiro atoms. The first-order valence-electron chi connectivity index (χ1n) is 8.48. The Bertz CT molecular complexity index is 1050. The average Bonchev–Trinajstić information content (AvgIpc) is 2.65. The number of benzene rings is 3. The van der Waals surface area contributed by atoms with Gasteiger partial charge in [0.05, 0.1) is 6.04 Å². The third-order valence-corrected chi connectivity index (χ3v) is 4.22. The second kappa shape index (κ2) is 8.04. The fraction of sp³-hybridized carbons (Fsp3) is 0.143. The van der Waals surface area contributed by atoms with E-state index in [0.29, 0.717) is 0 Å². The largest absolute Gasteiger partial charge is 0.507 e. The lowest BCUT2D eigenvalue weighted by atomic mass is 10.1. The number of carbonyl (C=O) groups excluding carboxylic acids is 2. The van der Waals surface area contributed by atoms with Gasteiger partial charge in [0.15, 0.2) is 6.61 Å². The molecular formula is C21H17F2NO4. The van der Waals surface area contributed by atoms with Crippen LogP contribution in [0.1, 0.15) is 28.9 Å². The smallest absolute Gasteiger partial charge is 0.342 e. The van der Waals surface area contributed by atoms with Crippen LogP contribution in [0.2, 0.25) is 0 Å². The molecule has 0 radical (unpaired) electrons. The standard InChI is InChI=1S/C21H17F2NO4/c1-12(16-7-6-15(22)10-18(16)23)24-20(26)11-28-21(27)17-8-13-4-2-3-5-14(13)9-19(17)25/h2-10,12,25H,11H2,1H3,(H,24,26)/t12-/m1/s1. The maximum Gasteiger partial charge on any atom is 0.342 e. The normalized spacial score (nSPS) is 11.8. The van der Waals surface area contributed by atoms with Gasteiger partial charge in [-0.15, -0.1) is 0 Å². The molecule has 0 aliphatic heterocycles. The van der Waals surface area contributed by atoms with Crippen molar-refractivity contribution >= 4 is 22.6 Å². The lowest BCUT2D eigenvalue weighted by Crippen LogP contribution is -2.31. The van der Waals surface area contributed by atoms with Crippen molar-refractivity contribution in [1.82, 2.24) is 5.32 Å². The van der Waals surface area contributed by atoms with Crippen LogP contribution in [0.4, 0.5) is 8.78 Å². The summed E-state index contributed by atoms with van der Waals surface area (Å²) in [6.45, 7) is 0.906. The van der Waals surface area contributed by atoms with Crippen molar-refractivity contribution in [3.8, 4) is 5.75 Å². The highest BCUT2D eigenvalue weighted by Crippen LogP contribution is 2.25. The van der Waals surface area contributed by atoms with E-state index < -0.39 is 36.2 Å². The molecule has 0 fully saturated rings. The highest BCUT2D eigenvalue weighted by Gasteiger charge is 2.18. The first-order chi connectivity index (χ1) is 13.3. The number of amides is 1. The highest BCUT2D eigenvalue weighted by molar-refractivity contribution is 5.99. The number of ether oxygens (including phenoxy) is 1. The number of hydrogen-bond acceptors (Lipinski definition) is 4. The molecule has 0 aromatic heterocycles. The maximum atomic E-state index is 13.8. The van der Waals surface area contributed by atoms with Crippen LogP contribution in [0.25, 0.3) is 10.8 Å². The van der Waals surface area contributed by atoms with Crippen LogP contribution < -0.4 is 5.32 Å². The predicted octanol–water partition coefficient (Wildman–Crippen LogP) is 3.86. The zero-order valence-electron chi connectivity index (χ0n) is 14.9. The molecule has 1 atom stereocenters. The first-order valence-corrected chi connectivity index (χ1v) is 8.48. The highest BCUT2D eigenvalue weighted by atomic mass is 19.1. The minimum atomic E-state index is -0.862. The van der Waals surface area contributed by atoms with Crippen molar-refractivity contribution in [2.24, 2.45) is 0 Å². The van der Waals surface area contributed by atoms with Gasteiger partial charge < -0.3 is 15.2 Å². The molecule has 2 N–H and O–H groups in total. The molecule has 3 rings (SSSR count). The van der Waals surface area contributed by atoms with E-state index in [9.17, 15) is 23.5 Å². The molecule has 0 saturated heterocycles. The van der Waals surface area contributed by atoms with Crippen molar-refractivity contribution < 1.29 is 28.2 Å². The quantitative estimate of drug-likeness (QED) is 0.654. The number of fused-ring (bicyclic) bond motifs is 1. The van der Waals surface area contributed by atoms with Gasteiger partial charge in [-0.25, -0.2) is 13.6 Å². The topological polar surface area (TPSA) is 75.6 Å². The van der Waals surface area contributed by atoms with Gasteiger partial charge in [-0.3, -0.25) is 4.79 Å². The van der Waals surface area contributed by atoms with Gasteiger partial charge in [0.1, 0.15) is 22.9 Å². The molecule has 3 aromatic carbocycles. The molecule has 0 unspecified atom stereocenters. The van der Waals surface area contributed by atoms with Gasteiger partial charge in [0.2, 0.25) is 0 Å². The van der Waals surface area contributed by atoms with Gasteiger partial charge in [-0.2, -0.15) is 0 Å². The fourth-order valence-corrected chi connectivity index (χ4v) is 2.81. The van der Waals surface area contributed by atoms with Crippen LogP contribution in [0.5, 0.6) is 5.75 Å². The zero-order valence-corrected chi connectivity index (χ0v) is 14.9. The van der Waals surface area contributed by atoms with Crippen LogP contribution in [0, 0.1) is 11.6 Å². The Labute approximate surface area is 159 Å². The van der Waals surface area contributed by atoms with Gasteiger partial charge >= 0.3 is 5.97 Å². The maximum absolute atomic E-state index is 13.8. The number of halogens is 2. The number of aromatic hydroxyl groups is 1. The molecule has 5 nitrogen and oxygen atoms in total.